The predicted octanol–water partition coefficient (Wildman–Crippen LogP) is 23.7. The third-order valence-corrected chi connectivity index (χ3v) is 17.3. The first-order valence-corrected chi connectivity index (χ1v) is 36.6. The Bertz CT molecular complexity index is 1250. The minimum Gasteiger partial charge on any atom is -0.466 e. The Balaban J connectivity index is 3.36. The third-order valence-electron chi connectivity index (χ3n) is 17.3. The van der Waals surface area contributed by atoms with E-state index in [1.54, 1.807) is 0 Å². The molecule has 0 saturated carbocycles. The van der Waals surface area contributed by atoms with Crippen LogP contribution in [0.2, 0.25) is 0 Å². The summed E-state index contributed by atoms with van der Waals surface area (Å²) in [5.41, 5.74) is 0. The topological polar surface area (TPSA) is 95.9 Å². The zero-order valence-corrected chi connectivity index (χ0v) is 54.3. The van der Waals surface area contributed by atoms with Gasteiger partial charge in [-0.25, -0.2) is 0 Å². The lowest BCUT2D eigenvalue weighted by molar-refractivity contribution is -0.143. The molecule has 0 heterocycles. The van der Waals surface area contributed by atoms with Gasteiger partial charge in [0, 0.05) is 12.8 Å². The summed E-state index contributed by atoms with van der Waals surface area (Å²) in [6.07, 6.45) is 88.0. The molecule has 0 radical (unpaired) electrons. The van der Waals surface area contributed by atoms with Crippen LogP contribution in [0.5, 0.6) is 0 Å². The van der Waals surface area contributed by atoms with Crippen molar-refractivity contribution in [3.8, 4) is 0 Å². The molecule has 0 aromatic carbocycles. The van der Waals surface area contributed by atoms with E-state index in [2.05, 4.69) is 43.5 Å². The maximum absolute atomic E-state index is 12.6. The lowest BCUT2D eigenvalue weighted by Crippen LogP contribution is -2.45. The lowest BCUT2D eigenvalue weighted by Gasteiger charge is -2.22. The molecule has 0 aliphatic carbocycles. The number of amides is 1. The van der Waals surface area contributed by atoms with Crippen LogP contribution in [0.4, 0.5) is 0 Å². The first-order chi connectivity index (χ1) is 39.5. The third kappa shape index (κ3) is 65.5. The normalized spacial score (nSPS) is 12.6. The van der Waals surface area contributed by atoms with Gasteiger partial charge in [-0.15, -0.1) is 0 Å². The number of carbonyl (C=O) groups is 2. The Hall–Kier alpha value is -1.66. The maximum atomic E-state index is 12.6. The van der Waals surface area contributed by atoms with Gasteiger partial charge >= 0.3 is 5.97 Å². The largest absolute Gasteiger partial charge is 0.466 e. The average molecular weight is 1130 g/mol. The molecule has 0 aromatic heterocycles. The first-order valence-electron chi connectivity index (χ1n) is 36.6. The van der Waals surface area contributed by atoms with Gasteiger partial charge in [-0.05, 0) is 57.8 Å². The standard InChI is InChI=1S/C74H143NO5/c1-3-5-7-9-11-13-15-17-19-21-22-23-29-32-35-38-42-46-50-54-58-62-66-72(77)71(70-76)75-73(78)67-63-59-55-51-47-43-39-36-33-30-27-25-24-26-28-31-34-37-41-45-49-53-57-61-65-69-80-74(79)68-64-60-56-52-48-44-40-20-18-16-14-12-10-8-6-4-2/h14,16,20,40,71-72,76-77H,3-13,15,17-19,21-39,41-70H2,1-2H3,(H,75,78)/b16-14-,40-20-. The van der Waals surface area contributed by atoms with Crippen molar-refractivity contribution in [1.29, 1.82) is 0 Å². The smallest absolute Gasteiger partial charge is 0.305 e. The van der Waals surface area contributed by atoms with E-state index in [0.717, 1.165) is 51.4 Å². The van der Waals surface area contributed by atoms with Gasteiger partial charge in [0.05, 0.1) is 25.4 Å². The molecular weight excluding hydrogens is 983 g/mol. The van der Waals surface area contributed by atoms with Crippen molar-refractivity contribution in [2.75, 3.05) is 13.2 Å². The summed E-state index contributed by atoms with van der Waals surface area (Å²) in [5.74, 6) is -0.0246. The quantitative estimate of drug-likeness (QED) is 0.0320. The summed E-state index contributed by atoms with van der Waals surface area (Å²) >= 11 is 0. The molecule has 0 saturated heterocycles. The molecule has 80 heavy (non-hydrogen) atoms. The highest BCUT2D eigenvalue weighted by Gasteiger charge is 2.20. The van der Waals surface area contributed by atoms with Crippen LogP contribution < -0.4 is 5.32 Å². The number of hydrogen-bond acceptors (Lipinski definition) is 5. The van der Waals surface area contributed by atoms with Gasteiger partial charge in [-0.1, -0.05) is 366 Å². The number of carbonyl (C=O) groups excluding carboxylic acids is 2. The summed E-state index contributed by atoms with van der Waals surface area (Å²) in [7, 11) is 0. The van der Waals surface area contributed by atoms with E-state index < -0.39 is 12.1 Å². The predicted molar refractivity (Wildman–Crippen MR) is 352 cm³/mol. The van der Waals surface area contributed by atoms with Crippen molar-refractivity contribution in [2.45, 2.75) is 424 Å². The van der Waals surface area contributed by atoms with Crippen LogP contribution >= 0.6 is 0 Å². The summed E-state index contributed by atoms with van der Waals surface area (Å²) < 4.78 is 5.49. The molecule has 3 N–H and O–H groups in total. The van der Waals surface area contributed by atoms with Crippen molar-refractivity contribution >= 4 is 11.9 Å². The number of rotatable bonds is 69. The Morgan fingerprint density at radius 3 is 0.963 bits per heavy atom. The van der Waals surface area contributed by atoms with E-state index in [-0.39, 0.29) is 18.5 Å². The molecular formula is C74H143NO5. The van der Waals surface area contributed by atoms with Crippen LogP contribution in [0.1, 0.15) is 412 Å². The van der Waals surface area contributed by atoms with E-state index in [4.69, 9.17) is 4.74 Å². The zero-order chi connectivity index (χ0) is 57.8. The molecule has 2 unspecified atom stereocenters. The monoisotopic (exact) mass is 1130 g/mol. The number of nitrogens with one attached hydrogen (secondary N) is 1. The fourth-order valence-electron chi connectivity index (χ4n) is 11.7. The molecule has 0 bridgehead atoms. The van der Waals surface area contributed by atoms with E-state index in [0.29, 0.717) is 25.9 Å². The van der Waals surface area contributed by atoms with Crippen LogP contribution in [-0.4, -0.2) is 47.4 Å². The molecule has 0 aliphatic rings. The van der Waals surface area contributed by atoms with Crippen molar-refractivity contribution in [1.82, 2.24) is 5.32 Å². The second kappa shape index (κ2) is 69.8. The van der Waals surface area contributed by atoms with Crippen LogP contribution in [0, 0.1) is 0 Å². The van der Waals surface area contributed by atoms with Gasteiger partial charge in [-0.3, -0.25) is 9.59 Å². The van der Waals surface area contributed by atoms with Crippen molar-refractivity contribution in [3.05, 3.63) is 24.3 Å². The summed E-state index contributed by atoms with van der Waals surface area (Å²) in [6, 6.07) is -0.541. The molecule has 0 rings (SSSR count). The van der Waals surface area contributed by atoms with Gasteiger partial charge in [0.15, 0.2) is 0 Å². The molecule has 0 fully saturated rings. The van der Waals surface area contributed by atoms with E-state index in [1.807, 2.05) is 0 Å². The van der Waals surface area contributed by atoms with Gasteiger partial charge in [0.2, 0.25) is 5.91 Å². The summed E-state index contributed by atoms with van der Waals surface area (Å²) in [6.45, 7) is 4.97. The van der Waals surface area contributed by atoms with Crippen LogP contribution in [0.3, 0.4) is 0 Å². The number of allylic oxidation sites excluding steroid dienone is 4. The van der Waals surface area contributed by atoms with Crippen molar-refractivity contribution in [3.63, 3.8) is 0 Å². The number of unbranched alkanes of at least 4 members (excludes halogenated alkanes) is 54. The van der Waals surface area contributed by atoms with E-state index >= 15 is 0 Å². The fraction of sp³-hybridized carbons (Fsp3) is 0.919. The molecule has 1 amide bonds. The van der Waals surface area contributed by atoms with Gasteiger partial charge < -0.3 is 20.3 Å². The van der Waals surface area contributed by atoms with E-state index in [9.17, 15) is 19.8 Å². The Morgan fingerprint density at radius 1 is 0.350 bits per heavy atom. The molecule has 474 valence electrons. The number of aliphatic hydroxyl groups is 2. The minimum absolute atomic E-state index is 0.00392. The molecule has 0 aromatic rings. The molecule has 6 heteroatoms. The highest BCUT2D eigenvalue weighted by Crippen LogP contribution is 2.19. The Kier molecular flexibility index (Phi) is 68.4. The SMILES string of the molecule is CCCCCC/C=C\C/C=C\CCCCCCCC(=O)OCCCCCCCCCCCCCCCCCCCCCCCCCCCC(=O)NC(CO)C(O)CCCCCCCCCCCCCCCCCCCCCCCC. The Morgan fingerprint density at radius 2 is 0.625 bits per heavy atom. The number of esters is 1. The maximum Gasteiger partial charge on any atom is 0.305 e. The zero-order valence-electron chi connectivity index (χ0n) is 54.3. The van der Waals surface area contributed by atoms with Crippen molar-refractivity contribution in [2.24, 2.45) is 0 Å². The molecule has 6 nitrogen and oxygen atoms in total. The lowest BCUT2D eigenvalue weighted by atomic mass is 10.0. The van der Waals surface area contributed by atoms with Crippen LogP contribution in [0.15, 0.2) is 24.3 Å². The van der Waals surface area contributed by atoms with Gasteiger partial charge in [-0.2, -0.15) is 0 Å². The minimum atomic E-state index is -0.664. The highest BCUT2D eigenvalue weighted by atomic mass is 16.5. The molecule has 0 spiro atoms. The fourth-order valence-corrected chi connectivity index (χ4v) is 11.7. The number of ether oxygens (including phenoxy) is 1. The Labute approximate surface area is 501 Å². The summed E-state index contributed by atoms with van der Waals surface area (Å²) in [4.78, 5) is 24.6. The molecule has 2 atom stereocenters. The number of hydrogen-bond donors (Lipinski definition) is 3. The van der Waals surface area contributed by atoms with Crippen LogP contribution in [-0.2, 0) is 14.3 Å². The second-order valence-corrected chi connectivity index (χ2v) is 25.3. The second-order valence-electron chi connectivity index (χ2n) is 25.3. The summed E-state index contributed by atoms with van der Waals surface area (Å²) in [5, 5.41) is 23.4. The van der Waals surface area contributed by atoms with Gasteiger partial charge in [0.1, 0.15) is 0 Å². The van der Waals surface area contributed by atoms with Crippen molar-refractivity contribution < 1.29 is 24.5 Å². The number of aliphatic hydroxyl groups excluding tert-OH is 2. The van der Waals surface area contributed by atoms with E-state index in [1.165, 1.54) is 327 Å². The van der Waals surface area contributed by atoms with Gasteiger partial charge in [0.25, 0.3) is 0 Å². The van der Waals surface area contributed by atoms with Crippen LogP contribution in [0.25, 0.3) is 0 Å². The average Bonchev–Trinajstić information content (AvgIpc) is 3.46. The first kappa shape index (κ1) is 78.3. The highest BCUT2D eigenvalue weighted by molar-refractivity contribution is 5.76. The molecule has 0 aliphatic heterocycles.